The summed E-state index contributed by atoms with van der Waals surface area (Å²) in [6.07, 6.45) is 0.201. The highest BCUT2D eigenvalue weighted by atomic mass is 32.2. The largest absolute Gasteiger partial charge is 0.290 e. The number of sulfonamides is 1. The normalized spacial score (nSPS) is 12.5. The van der Waals surface area contributed by atoms with E-state index >= 15 is 0 Å². The Kier molecular flexibility index (Phi) is 7.24. The molecule has 174 valence electrons. The smallest absolute Gasteiger partial charge is 0.271 e. The number of hydrogen-bond donors (Lipinski definition) is 4. The number of H-pyrrole nitrogens is 1. The molecule has 0 aliphatic heterocycles. The fourth-order valence-electron chi connectivity index (χ4n) is 3.21. The molecule has 0 aliphatic rings. The number of hydrogen-bond acceptors (Lipinski definition) is 6. The molecule has 4 N–H and O–H groups in total. The number of hydrazine groups is 1. The van der Waals surface area contributed by atoms with Gasteiger partial charge in [0, 0.05) is 5.39 Å². The third-order valence-electron chi connectivity index (χ3n) is 4.86. The molecular formula is C22H25N5O5S. The summed E-state index contributed by atoms with van der Waals surface area (Å²) in [5, 5.41) is 6.60. The molecular weight excluding hydrogens is 446 g/mol. The number of carbonyl (C=O) groups excluding carboxylic acids is 2. The van der Waals surface area contributed by atoms with Crippen LogP contribution in [0.4, 0.5) is 0 Å². The van der Waals surface area contributed by atoms with Gasteiger partial charge in [-0.25, -0.2) is 13.5 Å². The molecule has 2 amide bonds. The minimum Gasteiger partial charge on any atom is -0.271 e. The third-order valence-corrected chi connectivity index (χ3v) is 6.35. The zero-order valence-corrected chi connectivity index (χ0v) is 19.2. The number of fused-ring (bicyclic) bond motifs is 1. The van der Waals surface area contributed by atoms with E-state index in [1.165, 1.54) is 12.1 Å². The number of carbonyl (C=O) groups is 2. The zero-order chi connectivity index (χ0) is 24.2. The van der Waals surface area contributed by atoms with Crippen molar-refractivity contribution in [1.29, 1.82) is 0 Å². The third kappa shape index (κ3) is 5.82. The Bertz CT molecular complexity index is 1330. The first-order valence-corrected chi connectivity index (χ1v) is 11.7. The van der Waals surface area contributed by atoms with E-state index in [0.717, 1.165) is 5.56 Å². The van der Waals surface area contributed by atoms with Crippen LogP contribution in [0.15, 0.2) is 58.2 Å². The van der Waals surface area contributed by atoms with E-state index in [9.17, 15) is 22.8 Å². The summed E-state index contributed by atoms with van der Waals surface area (Å²) in [5.41, 5.74) is 4.85. The predicted octanol–water partition coefficient (Wildman–Crippen LogP) is 1.39. The molecule has 0 bridgehead atoms. The van der Waals surface area contributed by atoms with E-state index in [1.807, 2.05) is 20.8 Å². The lowest BCUT2D eigenvalue weighted by molar-refractivity contribution is -0.123. The maximum absolute atomic E-state index is 12.8. The molecule has 0 saturated heterocycles. The molecule has 2 aromatic carbocycles. The summed E-state index contributed by atoms with van der Waals surface area (Å²) in [6, 6.07) is 11.5. The van der Waals surface area contributed by atoms with Crippen molar-refractivity contribution in [3.63, 3.8) is 0 Å². The SMILES string of the molecule is Cc1ccc(S(=O)(=O)NC(CC(C)C)C(=O)NNC(=O)c2n[nH]c(=O)c3ccccc23)cc1. The molecule has 1 unspecified atom stereocenters. The van der Waals surface area contributed by atoms with Gasteiger partial charge in [0.2, 0.25) is 10.0 Å². The van der Waals surface area contributed by atoms with E-state index < -0.39 is 33.4 Å². The topological polar surface area (TPSA) is 150 Å². The van der Waals surface area contributed by atoms with Crippen LogP contribution in [0.25, 0.3) is 10.8 Å². The molecule has 1 heterocycles. The fraction of sp³-hybridized carbons (Fsp3) is 0.273. The number of rotatable bonds is 7. The number of nitrogens with zero attached hydrogens (tertiary/aromatic N) is 1. The molecule has 1 aromatic heterocycles. The van der Waals surface area contributed by atoms with E-state index in [0.29, 0.717) is 5.39 Å². The molecule has 33 heavy (non-hydrogen) atoms. The monoisotopic (exact) mass is 471 g/mol. The predicted molar refractivity (Wildman–Crippen MR) is 123 cm³/mol. The van der Waals surface area contributed by atoms with Crippen LogP contribution in [0.2, 0.25) is 0 Å². The van der Waals surface area contributed by atoms with Gasteiger partial charge in [-0.3, -0.25) is 25.2 Å². The first-order valence-electron chi connectivity index (χ1n) is 10.2. The molecule has 1 atom stereocenters. The van der Waals surface area contributed by atoms with Crippen molar-refractivity contribution in [1.82, 2.24) is 25.8 Å². The van der Waals surface area contributed by atoms with Gasteiger partial charge in [0.05, 0.1) is 10.3 Å². The van der Waals surface area contributed by atoms with Gasteiger partial charge in [-0.1, -0.05) is 49.7 Å². The molecule has 0 aliphatic carbocycles. The number of benzene rings is 2. The van der Waals surface area contributed by atoms with Gasteiger partial charge >= 0.3 is 0 Å². The summed E-state index contributed by atoms with van der Waals surface area (Å²) < 4.78 is 27.9. The Balaban J connectivity index is 1.75. The van der Waals surface area contributed by atoms with Crippen LogP contribution in [-0.4, -0.2) is 36.5 Å². The molecule has 3 rings (SSSR count). The second-order valence-electron chi connectivity index (χ2n) is 8.01. The minimum atomic E-state index is -3.97. The van der Waals surface area contributed by atoms with Crippen LogP contribution >= 0.6 is 0 Å². The highest BCUT2D eigenvalue weighted by Crippen LogP contribution is 2.14. The summed E-state index contributed by atoms with van der Waals surface area (Å²) in [6.45, 7) is 5.52. The van der Waals surface area contributed by atoms with E-state index in [1.54, 1.807) is 36.4 Å². The van der Waals surface area contributed by atoms with E-state index in [2.05, 4.69) is 25.8 Å². The highest BCUT2D eigenvalue weighted by molar-refractivity contribution is 7.89. The summed E-state index contributed by atoms with van der Waals surface area (Å²) in [5.74, 6) is -1.51. The molecule has 0 saturated carbocycles. The van der Waals surface area contributed by atoms with Gasteiger partial charge in [0.1, 0.15) is 6.04 Å². The Morgan fingerprint density at radius 1 is 1.00 bits per heavy atom. The van der Waals surface area contributed by atoms with Gasteiger partial charge in [0.25, 0.3) is 17.4 Å². The molecule has 11 heteroatoms. The van der Waals surface area contributed by atoms with Crippen LogP contribution in [0.3, 0.4) is 0 Å². The Morgan fingerprint density at radius 3 is 2.27 bits per heavy atom. The van der Waals surface area contributed by atoms with Gasteiger partial charge in [0.15, 0.2) is 5.69 Å². The van der Waals surface area contributed by atoms with Crippen molar-refractivity contribution < 1.29 is 18.0 Å². The highest BCUT2D eigenvalue weighted by Gasteiger charge is 2.27. The Hall–Kier alpha value is -3.57. The zero-order valence-electron chi connectivity index (χ0n) is 18.4. The first kappa shape index (κ1) is 24.1. The second kappa shape index (κ2) is 9.92. The minimum absolute atomic E-state index is 0.0121. The van der Waals surface area contributed by atoms with E-state index in [-0.39, 0.29) is 28.3 Å². The van der Waals surface area contributed by atoms with Gasteiger partial charge < -0.3 is 0 Å². The number of nitrogens with one attached hydrogen (secondary N) is 4. The van der Waals surface area contributed by atoms with Crippen molar-refractivity contribution in [2.24, 2.45) is 5.92 Å². The molecule has 0 fully saturated rings. The second-order valence-corrected chi connectivity index (χ2v) is 9.72. The van der Waals surface area contributed by atoms with Crippen LogP contribution in [0.1, 0.15) is 36.3 Å². The van der Waals surface area contributed by atoms with Crippen LogP contribution in [0, 0.1) is 12.8 Å². The lowest BCUT2D eigenvalue weighted by Gasteiger charge is -2.20. The van der Waals surface area contributed by atoms with E-state index in [4.69, 9.17) is 0 Å². The maximum Gasteiger partial charge on any atom is 0.290 e. The molecule has 10 nitrogen and oxygen atoms in total. The quantitative estimate of drug-likeness (QED) is 0.382. The maximum atomic E-state index is 12.8. The fourth-order valence-corrected chi connectivity index (χ4v) is 4.41. The lowest BCUT2D eigenvalue weighted by Crippen LogP contribution is -2.52. The molecule has 0 spiro atoms. The summed E-state index contributed by atoms with van der Waals surface area (Å²) >= 11 is 0. The number of aromatic nitrogens is 2. The van der Waals surface area contributed by atoms with Crippen LogP contribution in [-0.2, 0) is 14.8 Å². The standard InChI is InChI=1S/C22H25N5O5S/c1-13(2)12-18(27-33(31,32)15-10-8-14(3)9-11-15)21(29)25-26-22(30)19-16-6-4-5-7-17(16)20(28)24-23-19/h4-11,13,18,27H,12H2,1-3H3,(H,24,28)(H,25,29)(H,26,30). The van der Waals surface area contributed by atoms with Gasteiger partial charge in [-0.05, 0) is 37.5 Å². The Morgan fingerprint density at radius 2 is 1.64 bits per heavy atom. The lowest BCUT2D eigenvalue weighted by atomic mass is 10.0. The summed E-state index contributed by atoms with van der Waals surface area (Å²) in [4.78, 5) is 37.3. The molecule has 3 aromatic rings. The van der Waals surface area contributed by atoms with Crippen molar-refractivity contribution in [2.45, 2.75) is 38.1 Å². The van der Waals surface area contributed by atoms with Gasteiger partial charge in [-0.2, -0.15) is 9.82 Å². The van der Waals surface area contributed by atoms with Crippen molar-refractivity contribution >= 4 is 32.6 Å². The number of amides is 2. The van der Waals surface area contributed by atoms with Crippen LogP contribution < -0.4 is 21.1 Å². The summed E-state index contributed by atoms with van der Waals surface area (Å²) in [7, 11) is -3.97. The Labute approximate surface area is 190 Å². The molecule has 0 radical (unpaired) electrons. The number of aryl methyl sites for hydroxylation is 1. The van der Waals surface area contributed by atoms with Gasteiger partial charge in [-0.15, -0.1) is 0 Å². The average Bonchev–Trinajstić information content (AvgIpc) is 2.77. The van der Waals surface area contributed by atoms with Crippen LogP contribution in [0.5, 0.6) is 0 Å². The first-order chi connectivity index (χ1) is 15.6. The average molecular weight is 472 g/mol. The van der Waals surface area contributed by atoms with Crippen molar-refractivity contribution in [3.05, 3.63) is 70.1 Å². The van der Waals surface area contributed by atoms with Crippen molar-refractivity contribution in [3.8, 4) is 0 Å². The number of aromatic amines is 1. The van der Waals surface area contributed by atoms with Crippen molar-refractivity contribution in [2.75, 3.05) is 0 Å².